The number of anilines is 1. The van der Waals surface area contributed by atoms with Gasteiger partial charge in [-0.05, 0) is 42.8 Å². The van der Waals surface area contributed by atoms with Gasteiger partial charge in [-0.2, -0.15) is 0 Å². The molecule has 0 saturated heterocycles. The SMILES string of the molecule is CC(NC(=O)c1cccc(C(=O)Nc2ccccc2Cl)c1)c1ccccc1. The maximum absolute atomic E-state index is 12.6. The van der Waals surface area contributed by atoms with Crippen molar-refractivity contribution in [2.75, 3.05) is 5.32 Å². The van der Waals surface area contributed by atoms with Gasteiger partial charge in [0.25, 0.3) is 11.8 Å². The first-order valence-corrected chi connectivity index (χ1v) is 8.94. The van der Waals surface area contributed by atoms with Crippen LogP contribution < -0.4 is 10.6 Å². The zero-order valence-corrected chi connectivity index (χ0v) is 15.5. The highest BCUT2D eigenvalue weighted by molar-refractivity contribution is 6.33. The fourth-order valence-corrected chi connectivity index (χ4v) is 2.85. The molecule has 3 aromatic rings. The van der Waals surface area contributed by atoms with Gasteiger partial charge in [0.05, 0.1) is 16.8 Å². The van der Waals surface area contributed by atoms with E-state index in [1.54, 1.807) is 48.5 Å². The predicted molar refractivity (Wildman–Crippen MR) is 108 cm³/mol. The molecule has 27 heavy (non-hydrogen) atoms. The Balaban J connectivity index is 1.72. The Labute approximate surface area is 163 Å². The van der Waals surface area contributed by atoms with E-state index in [0.29, 0.717) is 21.8 Å². The van der Waals surface area contributed by atoms with Crippen LogP contribution in [0.25, 0.3) is 0 Å². The quantitative estimate of drug-likeness (QED) is 0.650. The highest BCUT2D eigenvalue weighted by Crippen LogP contribution is 2.21. The van der Waals surface area contributed by atoms with Crippen LogP contribution in [-0.4, -0.2) is 11.8 Å². The monoisotopic (exact) mass is 378 g/mol. The van der Waals surface area contributed by atoms with Crippen LogP contribution in [0.1, 0.15) is 39.2 Å². The lowest BCUT2D eigenvalue weighted by Crippen LogP contribution is -2.27. The number of halogens is 1. The first-order chi connectivity index (χ1) is 13.0. The molecule has 0 bridgehead atoms. The lowest BCUT2D eigenvalue weighted by molar-refractivity contribution is 0.0940. The summed E-state index contributed by atoms with van der Waals surface area (Å²) in [4.78, 5) is 25.0. The molecular weight excluding hydrogens is 360 g/mol. The second-order valence-electron chi connectivity index (χ2n) is 6.12. The Morgan fingerprint density at radius 1 is 0.815 bits per heavy atom. The predicted octanol–water partition coefficient (Wildman–Crippen LogP) is 5.08. The minimum absolute atomic E-state index is 0.140. The van der Waals surface area contributed by atoms with E-state index >= 15 is 0 Å². The first-order valence-electron chi connectivity index (χ1n) is 8.56. The third-order valence-electron chi connectivity index (χ3n) is 4.16. The molecule has 2 amide bonds. The van der Waals surface area contributed by atoms with Gasteiger partial charge in [-0.15, -0.1) is 0 Å². The fourth-order valence-electron chi connectivity index (χ4n) is 2.66. The number of hydrogen-bond acceptors (Lipinski definition) is 2. The van der Waals surface area contributed by atoms with Gasteiger partial charge < -0.3 is 10.6 Å². The molecule has 0 fully saturated rings. The van der Waals surface area contributed by atoms with Crippen molar-refractivity contribution in [1.82, 2.24) is 5.32 Å². The van der Waals surface area contributed by atoms with Crippen LogP contribution in [0, 0.1) is 0 Å². The Morgan fingerprint density at radius 2 is 1.44 bits per heavy atom. The van der Waals surface area contributed by atoms with Crippen molar-refractivity contribution in [3.63, 3.8) is 0 Å². The number of rotatable bonds is 5. The number of carbonyl (C=O) groups is 2. The largest absolute Gasteiger partial charge is 0.346 e. The van der Waals surface area contributed by atoms with Gasteiger partial charge in [-0.3, -0.25) is 9.59 Å². The normalized spacial score (nSPS) is 11.5. The first kappa shape index (κ1) is 18.7. The van der Waals surface area contributed by atoms with Gasteiger partial charge >= 0.3 is 0 Å². The molecule has 0 aliphatic heterocycles. The zero-order chi connectivity index (χ0) is 19.2. The van der Waals surface area contributed by atoms with E-state index in [1.165, 1.54) is 0 Å². The molecule has 0 spiro atoms. The molecule has 0 aliphatic rings. The highest BCUT2D eigenvalue weighted by Gasteiger charge is 2.14. The number of para-hydroxylation sites is 1. The van der Waals surface area contributed by atoms with E-state index in [4.69, 9.17) is 11.6 Å². The maximum atomic E-state index is 12.6. The maximum Gasteiger partial charge on any atom is 0.255 e. The Kier molecular flexibility index (Phi) is 5.89. The summed E-state index contributed by atoms with van der Waals surface area (Å²) in [6.45, 7) is 1.92. The topological polar surface area (TPSA) is 58.2 Å². The van der Waals surface area contributed by atoms with E-state index < -0.39 is 0 Å². The van der Waals surface area contributed by atoms with Crippen LogP contribution in [0.15, 0.2) is 78.9 Å². The second kappa shape index (κ2) is 8.52. The minimum atomic E-state index is -0.325. The van der Waals surface area contributed by atoms with Crippen molar-refractivity contribution >= 4 is 29.1 Å². The standard InChI is InChI=1S/C22H19ClN2O2/c1-15(16-8-3-2-4-9-16)24-21(26)17-10-7-11-18(14-17)22(27)25-20-13-6-5-12-19(20)23/h2-15H,1H3,(H,24,26)(H,25,27). The molecule has 1 atom stereocenters. The lowest BCUT2D eigenvalue weighted by Gasteiger charge is -2.14. The molecule has 0 radical (unpaired) electrons. The van der Waals surface area contributed by atoms with Crippen LogP contribution in [-0.2, 0) is 0 Å². The molecule has 0 heterocycles. The number of benzene rings is 3. The number of amides is 2. The Morgan fingerprint density at radius 3 is 2.15 bits per heavy atom. The van der Waals surface area contributed by atoms with Crippen LogP contribution in [0.4, 0.5) is 5.69 Å². The lowest BCUT2D eigenvalue weighted by atomic mass is 10.1. The average Bonchev–Trinajstić information content (AvgIpc) is 2.70. The van der Waals surface area contributed by atoms with Crippen molar-refractivity contribution < 1.29 is 9.59 Å². The summed E-state index contributed by atoms with van der Waals surface area (Å²) < 4.78 is 0. The summed E-state index contributed by atoms with van der Waals surface area (Å²) in [6.07, 6.45) is 0. The van der Waals surface area contributed by atoms with Gasteiger partial charge in [0.15, 0.2) is 0 Å². The van der Waals surface area contributed by atoms with Crippen LogP contribution in [0.3, 0.4) is 0 Å². The molecular formula is C22H19ClN2O2. The second-order valence-corrected chi connectivity index (χ2v) is 6.53. The molecule has 136 valence electrons. The number of carbonyl (C=O) groups excluding carboxylic acids is 2. The van der Waals surface area contributed by atoms with Gasteiger partial charge in [-0.25, -0.2) is 0 Å². The fraction of sp³-hybridized carbons (Fsp3) is 0.0909. The van der Waals surface area contributed by atoms with Gasteiger partial charge in [-0.1, -0.05) is 60.1 Å². The molecule has 5 heteroatoms. The molecule has 3 rings (SSSR count). The molecule has 0 saturated carbocycles. The third-order valence-corrected chi connectivity index (χ3v) is 4.49. The minimum Gasteiger partial charge on any atom is -0.346 e. The molecule has 4 nitrogen and oxygen atoms in total. The molecule has 3 aromatic carbocycles. The molecule has 0 aliphatic carbocycles. The smallest absolute Gasteiger partial charge is 0.255 e. The average molecular weight is 379 g/mol. The van der Waals surface area contributed by atoms with Crippen LogP contribution in [0.2, 0.25) is 5.02 Å². The summed E-state index contributed by atoms with van der Waals surface area (Å²) in [6, 6.07) is 23.1. The summed E-state index contributed by atoms with van der Waals surface area (Å²) in [5.41, 5.74) is 2.34. The third kappa shape index (κ3) is 4.74. The highest BCUT2D eigenvalue weighted by atomic mass is 35.5. The molecule has 1 unspecified atom stereocenters. The van der Waals surface area contributed by atoms with Crippen LogP contribution >= 0.6 is 11.6 Å². The van der Waals surface area contributed by atoms with E-state index in [2.05, 4.69) is 10.6 Å². The summed E-state index contributed by atoms with van der Waals surface area (Å²) in [5.74, 6) is -0.562. The summed E-state index contributed by atoms with van der Waals surface area (Å²) >= 11 is 6.07. The molecule has 0 aromatic heterocycles. The molecule has 2 N–H and O–H groups in total. The van der Waals surface area contributed by atoms with Gasteiger partial charge in [0.2, 0.25) is 0 Å². The zero-order valence-electron chi connectivity index (χ0n) is 14.8. The Bertz CT molecular complexity index is 957. The van der Waals surface area contributed by atoms with E-state index in [0.717, 1.165) is 5.56 Å². The van der Waals surface area contributed by atoms with Crippen molar-refractivity contribution in [3.8, 4) is 0 Å². The van der Waals surface area contributed by atoms with Gasteiger partial charge in [0.1, 0.15) is 0 Å². The van der Waals surface area contributed by atoms with Crippen molar-refractivity contribution in [2.45, 2.75) is 13.0 Å². The van der Waals surface area contributed by atoms with Crippen LogP contribution in [0.5, 0.6) is 0 Å². The number of nitrogens with one attached hydrogen (secondary N) is 2. The van der Waals surface area contributed by atoms with Gasteiger partial charge in [0, 0.05) is 11.1 Å². The number of hydrogen-bond donors (Lipinski definition) is 2. The summed E-state index contributed by atoms with van der Waals surface area (Å²) in [5, 5.41) is 6.16. The van der Waals surface area contributed by atoms with E-state index in [9.17, 15) is 9.59 Å². The van der Waals surface area contributed by atoms with Crippen molar-refractivity contribution in [1.29, 1.82) is 0 Å². The summed E-state index contributed by atoms with van der Waals surface area (Å²) in [7, 11) is 0. The van der Waals surface area contributed by atoms with Crippen molar-refractivity contribution in [2.24, 2.45) is 0 Å². The Hall–Kier alpha value is -3.11. The van der Waals surface area contributed by atoms with Crippen molar-refractivity contribution in [3.05, 3.63) is 101 Å². The van der Waals surface area contributed by atoms with E-state index in [-0.39, 0.29) is 17.9 Å². The van der Waals surface area contributed by atoms with E-state index in [1.807, 2.05) is 37.3 Å².